The maximum absolute atomic E-state index is 13.0. The lowest BCUT2D eigenvalue weighted by Gasteiger charge is -2.05. The van der Waals surface area contributed by atoms with E-state index in [1.807, 2.05) is 0 Å². The molecule has 0 saturated carbocycles. The molecule has 0 aliphatic rings. The Bertz CT molecular complexity index is 648. The summed E-state index contributed by atoms with van der Waals surface area (Å²) in [5.74, 6) is -0.409. The molecule has 5 heteroatoms. The van der Waals surface area contributed by atoms with Gasteiger partial charge in [0.1, 0.15) is 10.7 Å². The van der Waals surface area contributed by atoms with E-state index in [1.54, 1.807) is 6.92 Å². The summed E-state index contributed by atoms with van der Waals surface area (Å²) in [6.07, 6.45) is 1.45. The molecule has 1 aromatic heterocycles. The highest BCUT2D eigenvalue weighted by atomic mass is 32.2. The van der Waals surface area contributed by atoms with Gasteiger partial charge in [0.2, 0.25) is 5.43 Å². The predicted octanol–water partition coefficient (Wildman–Crippen LogP) is 1.71. The minimum absolute atomic E-state index is 0.249. The second-order valence-corrected chi connectivity index (χ2v) is 4.87. The van der Waals surface area contributed by atoms with Crippen molar-refractivity contribution in [3.05, 3.63) is 39.9 Å². The Morgan fingerprint density at radius 2 is 2.06 bits per heavy atom. The second-order valence-electron chi connectivity index (χ2n) is 3.55. The third-order valence-electron chi connectivity index (χ3n) is 2.38. The summed E-state index contributed by atoms with van der Waals surface area (Å²) in [5, 5.41) is 0.359. The number of hydrogen-bond acceptors (Lipinski definition) is 2. The van der Waals surface area contributed by atoms with Gasteiger partial charge in [-0.1, -0.05) is 0 Å². The van der Waals surface area contributed by atoms with Crippen LogP contribution >= 0.6 is 0 Å². The van der Waals surface area contributed by atoms with E-state index in [9.17, 15) is 13.4 Å². The number of halogens is 1. The van der Waals surface area contributed by atoms with Gasteiger partial charge in [0.05, 0.1) is 16.3 Å². The van der Waals surface area contributed by atoms with Crippen molar-refractivity contribution in [3.8, 4) is 0 Å². The number of rotatable bonds is 1. The molecule has 2 rings (SSSR count). The molecule has 84 valence electrons. The number of aromatic amines is 1. The molecule has 0 saturated heterocycles. The third kappa shape index (κ3) is 1.67. The number of fused-ring (bicyclic) bond motifs is 1. The van der Waals surface area contributed by atoms with Gasteiger partial charge in [-0.3, -0.25) is 9.00 Å². The summed E-state index contributed by atoms with van der Waals surface area (Å²) in [7, 11) is -1.35. The number of H-pyrrole nitrogens is 1. The van der Waals surface area contributed by atoms with Crippen molar-refractivity contribution < 1.29 is 8.60 Å². The normalized spacial score (nSPS) is 12.9. The van der Waals surface area contributed by atoms with E-state index in [-0.39, 0.29) is 10.3 Å². The van der Waals surface area contributed by atoms with Crippen molar-refractivity contribution in [2.45, 2.75) is 11.8 Å². The van der Waals surface area contributed by atoms with Crippen LogP contribution in [0.25, 0.3) is 10.9 Å². The van der Waals surface area contributed by atoms with Gasteiger partial charge in [-0.2, -0.15) is 0 Å². The molecule has 0 spiro atoms. The largest absolute Gasteiger partial charge is 0.357 e. The van der Waals surface area contributed by atoms with Crippen LogP contribution in [0.1, 0.15) is 5.69 Å². The molecule has 2 aromatic rings. The Morgan fingerprint density at radius 3 is 2.69 bits per heavy atom. The van der Waals surface area contributed by atoms with Gasteiger partial charge in [-0.05, 0) is 25.1 Å². The predicted molar refractivity (Wildman–Crippen MR) is 61.6 cm³/mol. The summed E-state index contributed by atoms with van der Waals surface area (Å²) in [6.45, 7) is 1.66. The van der Waals surface area contributed by atoms with Crippen molar-refractivity contribution in [2.75, 3.05) is 6.26 Å². The fraction of sp³-hybridized carbons (Fsp3) is 0.182. The zero-order valence-corrected chi connectivity index (χ0v) is 9.65. The summed E-state index contributed by atoms with van der Waals surface area (Å²) >= 11 is 0. The molecule has 0 aliphatic carbocycles. The van der Waals surface area contributed by atoms with Gasteiger partial charge in [0.15, 0.2) is 0 Å². The molecule has 1 atom stereocenters. The SMILES string of the molecule is Cc1[nH]c2cc(F)ccc2c(=O)c1[S@@](C)=O. The average molecular weight is 239 g/mol. The molecule has 0 aliphatic heterocycles. The van der Waals surface area contributed by atoms with E-state index in [0.29, 0.717) is 16.6 Å². The van der Waals surface area contributed by atoms with Crippen LogP contribution in [0.2, 0.25) is 0 Å². The molecule has 0 radical (unpaired) electrons. The molecule has 0 bridgehead atoms. The van der Waals surface area contributed by atoms with E-state index < -0.39 is 16.6 Å². The lowest BCUT2D eigenvalue weighted by Crippen LogP contribution is -2.14. The minimum Gasteiger partial charge on any atom is -0.357 e. The second kappa shape index (κ2) is 3.83. The first kappa shape index (κ1) is 11.0. The van der Waals surface area contributed by atoms with Gasteiger partial charge >= 0.3 is 0 Å². The van der Waals surface area contributed by atoms with E-state index in [1.165, 1.54) is 24.5 Å². The highest BCUT2D eigenvalue weighted by molar-refractivity contribution is 7.84. The summed E-state index contributed by atoms with van der Waals surface area (Å²) in [6, 6.07) is 3.88. The highest BCUT2D eigenvalue weighted by Gasteiger charge is 2.12. The Balaban J connectivity index is 2.95. The molecule has 0 amide bonds. The lowest BCUT2D eigenvalue weighted by molar-refractivity contribution is 0.629. The van der Waals surface area contributed by atoms with Crippen molar-refractivity contribution in [1.29, 1.82) is 0 Å². The Morgan fingerprint density at radius 1 is 1.38 bits per heavy atom. The van der Waals surface area contributed by atoms with Crippen LogP contribution in [0.5, 0.6) is 0 Å². The zero-order chi connectivity index (χ0) is 11.9. The molecule has 3 nitrogen and oxygen atoms in total. The van der Waals surface area contributed by atoms with E-state index in [0.717, 1.165) is 0 Å². The van der Waals surface area contributed by atoms with Crippen molar-refractivity contribution in [1.82, 2.24) is 4.98 Å². The first-order chi connectivity index (χ1) is 7.50. The standard InChI is InChI=1S/C11H10FNO2S/c1-6-11(16(2)15)10(14)8-4-3-7(12)5-9(8)13-6/h3-5H,1-2H3,(H,13,14)/t16-/m1/s1. The Labute approximate surface area is 93.8 Å². The van der Waals surface area contributed by atoms with Crippen molar-refractivity contribution >= 4 is 21.7 Å². The lowest BCUT2D eigenvalue weighted by atomic mass is 10.2. The molecule has 0 fully saturated rings. The fourth-order valence-electron chi connectivity index (χ4n) is 1.72. The van der Waals surface area contributed by atoms with Crippen LogP contribution in [0.4, 0.5) is 4.39 Å². The van der Waals surface area contributed by atoms with Crippen molar-refractivity contribution in [2.24, 2.45) is 0 Å². The average Bonchev–Trinajstić information content (AvgIpc) is 2.15. The zero-order valence-electron chi connectivity index (χ0n) is 8.83. The van der Waals surface area contributed by atoms with Crippen molar-refractivity contribution in [3.63, 3.8) is 0 Å². The summed E-state index contributed by atoms with van der Waals surface area (Å²) in [4.78, 5) is 15.1. The molecule has 1 N–H and O–H groups in total. The smallest absolute Gasteiger partial charge is 0.205 e. The molecular weight excluding hydrogens is 229 g/mol. The van der Waals surface area contributed by atoms with Crippen LogP contribution in [-0.4, -0.2) is 15.4 Å². The summed E-state index contributed by atoms with van der Waals surface area (Å²) in [5.41, 5.74) is 0.646. The number of aromatic nitrogens is 1. The van der Waals surface area contributed by atoms with Gasteiger partial charge in [0.25, 0.3) is 0 Å². The van der Waals surface area contributed by atoms with Gasteiger partial charge in [-0.15, -0.1) is 0 Å². The van der Waals surface area contributed by atoms with Crippen LogP contribution in [-0.2, 0) is 10.8 Å². The first-order valence-corrected chi connectivity index (χ1v) is 6.22. The number of benzene rings is 1. The van der Waals surface area contributed by atoms with Gasteiger partial charge in [0, 0.05) is 17.3 Å². The minimum atomic E-state index is -1.35. The molecule has 1 heterocycles. The van der Waals surface area contributed by atoms with Gasteiger partial charge in [-0.25, -0.2) is 4.39 Å². The quantitative estimate of drug-likeness (QED) is 0.823. The summed E-state index contributed by atoms with van der Waals surface area (Å²) < 4.78 is 24.4. The van der Waals surface area contributed by atoms with Crippen LogP contribution in [0, 0.1) is 12.7 Å². The topological polar surface area (TPSA) is 49.9 Å². The first-order valence-electron chi connectivity index (χ1n) is 4.66. The monoisotopic (exact) mass is 239 g/mol. The number of aryl methyl sites for hydroxylation is 1. The van der Waals surface area contributed by atoms with E-state index >= 15 is 0 Å². The fourth-order valence-corrected chi connectivity index (χ4v) is 2.57. The maximum Gasteiger partial charge on any atom is 0.205 e. The number of pyridine rings is 1. The molecule has 16 heavy (non-hydrogen) atoms. The molecule has 0 unspecified atom stereocenters. The molecule has 1 aromatic carbocycles. The van der Waals surface area contributed by atoms with E-state index in [2.05, 4.69) is 4.98 Å². The van der Waals surface area contributed by atoms with Crippen LogP contribution in [0.3, 0.4) is 0 Å². The Hall–Kier alpha value is -1.49. The van der Waals surface area contributed by atoms with Crippen LogP contribution in [0.15, 0.2) is 27.9 Å². The van der Waals surface area contributed by atoms with E-state index in [4.69, 9.17) is 0 Å². The Kier molecular flexibility index (Phi) is 2.63. The van der Waals surface area contributed by atoms with Gasteiger partial charge < -0.3 is 4.98 Å². The number of nitrogens with one attached hydrogen (secondary N) is 1. The van der Waals surface area contributed by atoms with Crippen LogP contribution < -0.4 is 5.43 Å². The highest BCUT2D eigenvalue weighted by Crippen LogP contribution is 2.14. The number of hydrogen-bond donors (Lipinski definition) is 1. The molecular formula is C11H10FNO2S. The third-order valence-corrected chi connectivity index (χ3v) is 3.45. The maximum atomic E-state index is 13.0.